The number of carbonyl (C=O) groups is 1. The van der Waals surface area contributed by atoms with Crippen LogP contribution in [-0.2, 0) is 6.54 Å². The number of nitrogens with zero attached hydrogens (tertiary/aromatic N) is 1. The number of amides is 1. The minimum atomic E-state index is -0.200. The predicted molar refractivity (Wildman–Crippen MR) is 101 cm³/mol. The number of aromatic nitrogens is 1. The molecule has 2 N–H and O–H groups in total. The molecule has 5 heteroatoms. The molecule has 0 unspecified atom stereocenters. The van der Waals surface area contributed by atoms with E-state index in [9.17, 15) is 4.79 Å². The van der Waals surface area contributed by atoms with Crippen molar-refractivity contribution in [2.24, 2.45) is 0 Å². The van der Waals surface area contributed by atoms with Crippen LogP contribution in [0.4, 0.5) is 11.4 Å². The molecule has 0 fully saturated rings. The van der Waals surface area contributed by atoms with Crippen molar-refractivity contribution in [3.8, 4) is 0 Å². The molecule has 0 radical (unpaired) electrons. The highest BCUT2D eigenvalue weighted by molar-refractivity contribution is 6.30. The Morgan fingerprint density at radius 1 is 1.08 bits per heavy atom. The second-order valence-corrected chi connectivity index (χ2v) is 6.12. The maximum absolute atomic E-state index is 12.2. The maximum atomic E-state index is 12.2. The largest absolute Gasteiger partial charge is 0.354 e. The van der Waals surface area contributed by atoms with Crippen molar-refractivity contribution in [3.63, 3.8) is 0 Å². The zero-order valence-corrected chi connectivity index (χ0v) is 14.5. The van der Waals surface area contributed by atoms with Gasteiger partial charge in [0.2, 0.25) is 0 Å². The Bertz CT molecular complexity index is 864. The Balaban J connectivity index is 1.63. The molecule has 2 aromatic carbocycles. The molecule has 0 aliphatic rings. The van der Waals surface area contributed by atoms with Crippen molar-refractivity contribution in [1.29, 1.82) is 0 Å². The highest BCUT2D eigenvalue weighted by atomic mass is 35.5. The van der Waals surface area contributed by atoms with Gasteiger partial charge in [-0.25, -0.2) is 4.98 Å². The fourth-order valence-corrected chi connectivity index (χ4v) is 2.53. The molecule has 0 bridgehead atoms. The molecule has 3 rings (SSSR count). The van der Waals surface area contributed by atoms with Gasteiger partial charge in [-0.15, -0.1) is 0 Å². The molecule has 1 aromatic heterocycles. The summed E-state index contributed by atoms with van der Waals surface area (Å²) in [4.78, 5) is 16.4. The third-order valence-electron chi connectivity index (χ3n) is 3.77. The van der Waals surface area contributed by atoms with E-state index in [1.807, 2.05) is 61.5 Å². The lowest BCUT2D eigenvalue weighted by Crippen LogP contribution is -2.23. The van der Waals surface area contributed by atoms with E-state index in [-0.39, 0.29) is 5.91 Å². The summed E-state index contributed by atoms with van der Waals surface area (Å²) < 4.78 is 0. The summed E-state index contributed by atoms with van der Waals surface area (Å²) in [6.45, 7) is 2.47. The lowest BCUT2D eigenvalue weighted by atomic mass is 10.2. The topological polar surface area (TPSA) is 54.0 Å². The number of aryl methyl sites for hydroxylation is 1. The van der Waals surface area contributed by atoms with Crippen LogP contribution in [0.15, 0.2) is 66.9 Å². The third kappa shape index (κ3) is 4.58. The van der Waals surface area contributed by atoms with Crippen LogP contribution in [-0.4, -0.2) is 10.9 Å². The molecular formula is C20H18ClN3O. The van der Waals surface area contributed by atoms with Crippen LogP contribution in [0, 0.1) is 6.92 Å². The van der Waals surface area contributed by atoms with Gasteiger partial charge in [0.25, 0.3) is 5.91 Å². The molecule has 1 amide bonds. The lowest BCUT2D eigenvalue weighted by Gasteiger charge is -2.10. The maximum Gasteiger partial charge on any atom is 0.270 e. The number of rotatable bonds is 5. The molecular weight excluding hydrogens is 334 g/mol. The van der Waals surface area contributed by atoms with Gasteiger partial charge in [-0.05, 0) is 42.3 Å². The second-order valence-electron chi connectivity index (χ2n) is 5.68. The Hall–Kier alpha value is -2.85. The molecule has 0 spiro atoms. The van der Waals surface area contributed by atoms with Crippen LogP contribution in [0.1, 0.15) is 21.6 Å². The molecule has 0 atom stereocenters. The quantitative estimate of drug-likeness (QED) is 0.699. The second kappa shape index (κ2) is 7.81. The van der Waals surface area contributed by atoms with Gasteiger partial charge in [0.1, 0.15) is 5.69 Å². The molecule has 0 saturated heterocycles. The van der Waals surface area contributed by atoms with Crippen molar-refractivity contribution in [2.45, 2.75) is 13.5 Å². The van der Waals surface area contributed by atoms with Crippen LogP contribution in [0.3, 0.4) is 0 Å². The first-order valence-electron chi connectivity index (χ1n) is 7.93. The fourth-order valence-electron chi connectivity index (χ4n) is 2.36. The molecule has 0 aliphatic heterocycles. The SMILES string of the molecule is Cc1ccc(Cl)cc1Nc1ccc(C(=O)NCc2ccccc2)nc1. The minimum absolute atomic E-state index is 0.200. The van der Waals surface area contributed by atoms with Crippen molar-refractivity contribution in [3.05, 3.63) is 88.7 Å². The van der Waals surface area contributed by atoms with E-state index in [1.165, 1.54) is 0 Å². The first-order chi connectivity index (χ1) is 12.1. The highest BCUT2D eigenvalue weighted by Crippen LogP contribution is 2.23. The van der Waals surface area contributed by atoms with E-state index < -0.39 is 0 Å². The van der Waals surface area contributed by atoms with Gasteiger partial charge >= 0.3 is 0 Å². The molecule has 126 valence electrons. The zero-order valence-electron chi connectivity index (χ0n) is 13.8. The molecule has 0 aliphatic carbocycles. The first-order valence-corrected chi connectivity index (χ1v) is 8.31. The first kappa shape index (κ1) is 17.0. The van der Waals surface area contributed by atoms with E-state index in [4.69, 9.17) is 11.6 Å². The summed E-state index contributed by atoms with van der Waals surface area (Å²) in [5, 5.41) is 6.78. The minimum Gasteiger partial charge on any atom is -0.354 e. The van der Waals surface area contributed by atoms with Gasteiger partial charge in [-0.2, -0.15) is 0 Å². The number of carbonyl (C=O) groups excluding carboxylic acids is 1. The fraction of sp³-hybridized carbons (Fsp3) is 0.100. The van der Waals surface area contributed by atoms with E-state index in [0.29, 0.717) is 17.3 Å². The molecule has 4 nitrogen and oxygen atoms in total. The molecule has 25 heavy (non-hydrogen) atoms. The summed E-state index contributed by atoms with van der Waals surface area (Å²) in [5.41, 5.74) is 4.21. The van der Waals surface area contributed by atoms with Gasteiger partial charge in [0.05, 0.1) is 11.9 Å². The van der Waals surface area contributed by atoms with E-state index in [2.05, 4.69) is 15.6 Å². The smallest absolute Gasteiger partial charge is 0.270 e. The molecule has 0 saturated carbocycles. The van der Waals surface area contributed by atoms with Crippen LogP contribution in [0.5, 0.6) is 0 Å². The predicted octanol–water partition coefficient (Wildman–Crippen LogP) is 4.72. The number of anilines is 2. The average molecular weight is 352 g/mol. The van der Waals surface area contributed by atoms with Crippen LogP contribution < -0.4 is 10.6 Å². The highest BCUT2D eigenvalue weighted by Gasteiger charge is 2.07. The van der Waals surface area contributed by atoms with Gasteiger partial charge in [-0.1, -0.05) is 48.0 Å². The summed E-state index contributed by atoms with van der Waals surface area (Å²) >= 11 is 6.03. The van der Waals surface area contributed by atoms with Crippen LogP contribution in [0.2, 0.25) is 5.02 Å². The number of pyridine rings is 1. The number of hydrogen-bond donors (Lipinski definition) is 2. The third-order valence-corrected chi connectivity index (χ3v) is 4.01. The summed E-state index contributed by atoms with van der Waals surface area (Å²) in [5.74, 6) is -0.200. The summed E-state index contributed by atoms with van der Waals surface area (Å²) in [7, 11) is 0. The van der Waals surface area contributed by atoms with Crippen LogP contribution >= 0.6 is 11.6 Å². The Kier molecular flexibility index (Phi) is 5.31. The normalized spacial score (nSPS) is 10.3. The van der Waals surface area contributed by atoms with E-state index in [0.717, 1.165) is 22.5 Å². The van der Waals surface area contributed by atoms with Gasteiger partial charge in [-0.3, -0.25) is 4.79 Å². The van der Waals surface area contributed by atoms with E-state index in [1.54, 1.807) is 12.3 Å². The number of hydrogen-bond acceptors (Lipinski definition) is 3. The lowest BCUT2D eigenvalue weighted by molar-refractivity contribution is 0.0946. The van der Waals surface area contributed by atoms with Crippen molar-refractivity contribution in [2.75, 3.05) is 5.32 Å². The summed E-state index contributed by atoms with van der Waals surface area (Å²) in [6.07, 6.45) is 1.64. The van der Waals surface area contributed by atoms with Crippen molar-refractivity contribution in [1.82, 2.24) is 10.3 Å². The van der Waals surface area contributed by atoms with Crippen molar-refractivity contribution >= 4 is 28.9 Å². The standard InChI is InChI=1S/C20H18ClN3O/c1-14-7-8-16(21)11-19(14)24-17-9-10-18(22-13-17)20(25)23-12-15-5-3-2-4-6-15/h2-11,13,24H,12H2,1H3,(H,23,25). The molecule has 3 aromatic rings. The average Bonchev–Trinajstić information content (AvgIpc) is 2.64. The number of benzene rings is 2. The van der Waals surface area contributed by atoms with Crippen molar-refractivity contribution < 1.29 is 4.79 Å². The number of nitrogens with one attached hydrogen (secondary N) is 2. The Morgan fingerprint density at radius 2 is 1.88 bits per heavy atom. The van der Waals surface area contributed by atoms with Gasteiger partial charge in [0.15, 0.2) is 0 Å². The van der Waals surface area contributed by atoms with Crippen LogP contribution in [0.25, 0.3) is 0 Å². The number of halogens is 1. The Labute approximate surface area is 151 Å². The monoisotopic (exact) mass is 351 g/mol. The Morgan fingerprint density at radius 3 is 2.60 bits per heavy atom. The summed E-state index contributed by atoms with van der Waals surface area (Å²) in [6, 6.07) is 18.9. The van der Waals surface area contributed by atoms with E-state index >= 15 is 0 Å². The van der Waals surface area contributed by atoms with Gasteiger partial charge < -0.3 is 10.6 Å². The van der Waals surface area contributed by atoms with Gasteiger partial charge in [0, 0.05) is 17.3 Å². The molecule has 1 heterocycles. The zero-order chi connectivity index (χ0) is 17.6.